The average molecular weight is 309 g/mol. The van der Waals surface area contributed by atoms with Crippen molar-refractivity contribution in [3.63, 3.8) is 0 Å². The maximum Gasteiger partial charge on any atom is 0.0317 e. The second-order valence-corrected chi connectivity index (χ2v) is 7.27. The van der Waals surface area contributed by atoms with E-state index in [-0.39, 0.29) is 5.41 Å². The maximum absolute atomic E-state index is 6.11. The van der Waals surface area contributed by atoms with Gasteiger partial charge in [0, 0.05) is 11.1 Å². The summed E-state index contributed by atoms with van der Waals surface area (Å²) >= 11 is 0. The van der Waals surface area contributed by atoms with Crippen molar-refractivity contribution < 1.29 is 0 Å². The van der Waals surface area contributed by atoms with E-state index in [0.717, 1.165) is 5.69 Å². The van der Waals surface area contributed by atoms with Gasteiger partial charge < -0.3 is 5.73 Å². The monoisotopic (exact) mass is 309 g/mol. The summed E-state index contributed by atoms with van der Waals surface area (Å²) in [5.41, 5.74) is 12.4. The fourth-order valence-electron chi connectivity index (χ4n) is 4.50. The predicted molar refractivity (Wildman–Crippen MR) is 103 cm³/mol. The molecule has 0 heterocycles. The van der Waals surface area contributed by atoms with Gasteiger partial charge in [0.05, 0.1) is 0 Å². The highest BCUT2D eigenvalue weighted by atomic mass is 14.6. The quantitative estimate of drug-likeness (QED) is 0.318. The highest BCUT2D eigenvalue weighted by molar-refractivity contribution is 6.18. The Morgan fingerprint density at radius 1 is 0.708 bits per heavy atom. The van der Waals surface area contributed by atoms with Crippen LogP contribution in [0.1, 0.15) is 25.0 Å². The van der Waals surface area contributed by atoms with Gasteiger partial charge in [-0.05, 0) is 55.9 Å². The number of nitrogen functional groups attached to an aromatic ring is 1. The molecule has 0 amide bonds. The number of hydrogen-bond donors (Lipinski definition) is 1. The van der Waals surface area contributed by atoms with E-state index in [1.54, 1.807) is 0 Å². The molecule has 24 heavy (non-hydrogen) atoms. The van der Waals surface area contributed by atoms with Gasteiger partial charge in [-0.15, -0.1) is 0 Å². The molecule has 0 atom stereocenters. The van der Waals surface area contributed by atoms with E-state index >= 15 is 0 Å². The SMILES string of the molecule is CC1(C)c2cc(N)ccc2-c2c1c1ccccc1c1ccccc21. The Morgan fingerprint density at radius 2 is 1.29 bits per heavy atom. The van der Waals surface area contributed by atoms with Gasteiger partial charge in [-0.1, -0.05) is 68.4 Å². The Kier molecular flexibility index (Phi) is 2.49. The van der Waals surface area contributed by atoms with Crippen molar-refractivity contribution in [2.75, 3.05) is 5.73 Å². The summed E-state index contributed by atoms with van der Waals surface area (Å²) in [7, 11) is 0. The van der Waals surface area contributed by atoms with Crippen LogP contribution in [0.2, 0.25) is 0 Å². The molecule has 0 unspecified atom stereocenters. The van der Waals surface area contributed by atoms with E-state index in [1.165, 1.54) is 43.8 Å². The van der Waals surface area contributed by atoms with E-state index < -0.39 is 0 Å². The van der Waals surface area contributed by atoms with Crippen molar-refractivity contribution in [2.45, 2.75) is 19.3 Å². The summed E-state index contributed by atoms with van der Waals surface area (Å²) in [6.45, 7) is 4.64. The number of benzene rings is 4. The molecule has 1 aliphatic carbocycles. The summed E-state index contributed by atoms with van der Waals surface area (Å²) in [5.74, 6) is 0. The van der Waals surface area contributed by atoms with Crippen molar-refractivity contribution in [3.05, 3.63) is 77.9 Å². The molecule has 4 aromatic carbocycles. The first-order chi connectivity index (χ1) is 11.6. The van der Waals surface area contributed by atoms with Crippen LogP contribution < -0.4 is 5.73 Å². The summed E-state index contributed by atoms with van der Waals surface area (Å²) in [5, 5.41) is 5.35. The van der Waals surface area contributed by atoms with Crippen molar-refractivity contribution in [3.8, 4) is 11.1 Å². The molecule has 0 radical (unpaired) electrons. The standard InChI is InChI=1S/C23H19N/c1-23(2)20-13-14(24)11-12-19(20)21-17-9-5-3-7-15(17)16-8-4-6-10-18(16)22(21)23/h3-13H,24H2,1-2H3. The molecular weight excluding hydrogens is 290 g/mol. The zero-order valence-corrected chi connectivity index (χ0v) is 13.9. The van der Waals surface area contributed by atoms with Gasteiger partial charge in [0.15, 0.2) is 0 Å². The number of nitrogens with two attached hydrogens (primary N) is 1. The Labute approximate surface area is 141 Å². The van der Waals surface area contributed by atoms with Gasteiger partial charge in [-0.25, -0.2) is 0 Å². The van der Waals surface area contributed by atoms with Crippen LogP contribution in [0, 0.1) is 0 Å². The molecule has 0 spiro atoms. The Bertz CT molecular complexity index is 1140. The van der Waals surface area contributed by atoms with Crippen LogP contribution in [0.25, 0.3) is 32.7 Å². The topological polar surface area (TPSA) is 26.0 Å². The van der Waals surface area contributed by atoms with E-state index in [2.05, 4.69) is 74.5 Å². The molecule has 0 aliphatic heterocycles. The highest BCUT2D eigenvalue weighted by Crippen LogP contribution is 2.54. The minimum Gasteiger partial charge on any atom is -0.399 e. The van der Waals surface area contributed by atoms with Crippen LogP contribution in [0.4, 0.5) is 5.69 Å². The van der Waals surface area contributed by atoms with Gasteiger partial charge >= 0.3 is 0 Å². The van der Waals surface area contributed by atoms with Gasteiger partial charge in [0.2, 0.25) is 0 Å². The van der Waals surface area contributed by atoms with Crippen molar-refractivity contribution in [1.29, 1.82) is 0 Å². The third-order valence-electron chi connectivity index (χ3n) is 5.54. The van der Waals surface area contributed by atoms with Crippen LogP contribution in [0.3, 0.4) is 0 Å². The first-order valence-electron chi connectivity index (χ1n) is 8.43. The molecule has 0 bridgehead atoms. The fourth-order valence-corrected chi connectivity index (χ4v) is 4.50. The van der Waals surface area contributed by atoms with E-state index in [0.29, 0.717) is 0 Å². The minimum absolute atomic E-state index is 0.0519. The molecule has 2 N–H and O–H groups in total. The van der Waals surface area contributed by atoms with Crippen LogP contribution in [0.15, 0.2) is 66.7 Å². The lowest BCUT2D eigenvalue weighted by Crippen LogP contribution is -2.15. The number of hydrogen-bond acceptors (Lipinski definition) is 1. The Hall–Kier alpha value is -2.80. The summed E-state index contributed by atoms with van der Waals surface area (Å²) < 4.78 is 0. The summed E-state index contributed by atoms with van der Waals surface area (Å²) in [6.07, 6.45) is 0. The molecule has 4 aromatic rings. The van der Waals surface area contributed by atoms with Gasteiger partial charge in [-0.3, -0.25) is 0 Å². The molecule has 116 valence electrons. The molecule has 0 saturated carbocycles. The normalized spacial score (nSPS) is 14.8. The average Bonchev–Trinajstić information content (AvgIpc) is 2.83. The molecule has 1 heteroatoms. The van der Waals surface area contributed by atoms with E-state index in [1.807, 2.05) is 6.07 Å². The first-order valence-corrected chi connectivity index (χ1v) is 8.43. The first kappa shape index (κ1) is 13.6. The second kappa shape index (κ2) is 4.39. The third kappa shape index (κ3) is 1.54. The molecule has 5 rings (SSSR count). The van der Waals surface area contributed by atoms with Gasteiger partial charge in [0.1, 0.15) is 0 Å². The smallest absolute Gasteiger partial charge is 0.0317 e. The molecule has 0 aromatic heterocycles. The minimum atomic E-state index is -0.0519. The lowest BCUT2D eigenvalue weighted by atomic mass is 9.79. The Balaban J connectivity index is 2.10. The van der Waals surface area contributed by atoms with Crippen LogP contribution in [-0.2, 0) is 5.41 Å². The van der Waals surface area contributed by atoms with E-state index in [9.17, 15) is 0 Å². The van der Waals surface area contributed by atoms with Crippen molar-refractivity contribution >= 4 is 27.2 Å². The molecule has 0 fully saturated rings. The van der Waals surface area contributed by atoms with Gasteiger partial charge in [0.25, 0.3) is 0 Å². The number of anilines is 1. The largest absolute Gasteiger partial charge is 0.399 e. The summed E-state index contributed by atoms with van der Waals surface area (Å²) in [6, 6.07) is 23.9. The van der Waals surface area contributed by atoms with Crippen LogP contribution in [-0.4, -0.2) is 0 Å². The maximum atomic E-state index is 6.11. The van der Waals surface area contributed by atoms with Crippen molar-refractivity contribution in [2.24, 2.45) is 0 Å². The lowest BCUT2D eigenvalue weighted by Gasteiger charge is -2.24. The lowest BCUT2D eigenvalue weighted by molar-refractivity contribution is 0.667. The van der Waals surface area contributed by atoms with Crippen molar-refractivity contribution in [1.82, 2.24) is 0 Å². The molecule has 1 aliphatic rings. The molecule has 0 saturated heterocycles. The molecular formula is C23H19N. The van der Waals surface area contributed by atoms with Crippen LogP contribution in [0.5, 0.6) is 0 Å². The number of rotatable bonds is 0. The van der Waals surface area contributed by atoms with E-state index in [4.69, 9.17) is 5.73 Å². The highest BCUT2D eigenvalue weighted by Gasteiger charge is 2.38. The van der Waals surface area contributed by atoms with Gasteiger partial charge in [-0.2, -0.15) is 0 Å². The predicted octanol–water partition coefficient (Wildman–Crippen LogP) is 5.88. The third-order valence-corrected chi connectivity index (χ3v) is 5.54. The Morgan fingerprint density at radius 3 is 2.00 bits per heavy atom. The number of fused-ring (bicyclic) bond motifs is 8. The zero-order valence-electron chi connectivity index (χ0n) is 13.9. The molecule has 1 nitrogen and oxygen atoms in total. The summed E-state index contributed by atoms with van der Waals surface area (Å²) in [4.78, 5) is 0. The van der Waals surface area contributed by atoms with Crippen LogP contribution >= 0.6 is 0 Å². The second-order valence-electron chi connectivity index (χ2n) is 7.27. The zero-order chi connectivity index (χ0) is 16.5. The fraction of sp³-hybridized carbons (Fsp3) is 0.130.